The van der Waals surface area contributed by atoms with Crippen molar-refractivity contribution in [3.63, 3.8) is 0 Å². The van der Waals surface area contributed by atoms with E-state index < -0.39 is 11.7 Å². The molecule has 0 heterocycles. The monoisotopic (exact) mass is 244 g/mol. The third-order valence-corrected chi connectivity index (χ3v) is 1.90. The van der Waals surface area contributed by atoms with E-state index >= 15 is 0 Å². The smallest absolute Gasteiger partial charge is 0.417 e. The van der Waals surface area contributed by atoms with E-state index in [0.29, 0.717) is 0 Å². The van der Waals surface area contributed by atoms with Crippen LogP contribution in [0, 0.1) is 0 Å². The van der Waals surface area contributed by atoms with Gasteiger partial charge in [-0.15, -0.1) is 0 Å². The maximum atomic E-state index is 12.3. The second kappa shape index (κ2) is 4.28. The Morgan fingerprint density at radius 1 is 1.29 bits per heavy atom. The first-order valence-corrected chi connectivity index (χ1v) is 4.42. The fourth-order valence-electron chi connectivity index (χ4n) is 0.874. The highest BCUT2D eigenvalue weighted by molar-refractivity contribution is 6.31. The van der Waals surface area contributed by atoms with Crippen LogP contribution in [0.25, 0.3) is 0 Å². The van der Waals surface area contributed by atoms with Gasteiger partial charge in [-0.3, -0.25) is 0 Å². The molecule has 1 nitrogen and oxygen atoms in total. The van der Waals surface area contributed by atoms with Gasteiger partial charge in [0.05, 0.1) is 10.6 Å². The lowest BCUT2D eigenvalue weighted by molar-refractivity contribution is -0.137. The highest BCUT2D eigenvalue weighted by Gasteiger charge is 2.33. The number of halogens is 5. The van der Waals surface area contributed by atoms with E-state index in [2.05, 4.69) is 0 Å². The number of hydrogen-bond acceptors (Lipinski definition) is 1. The lowest BCUT2D eigenvalue weighted by Gasteiger charge is -2.10. The molecule has 6 heteroatoms. The summed E-state index contributed by atoms with van der Waals surface area (Å²) in [7, 11) is 0. The third kappa shape index (κ3) is 2.69. The standard InChI is InChI=1S/C8H5Cl2F3O/c9-4-14-5-1-2-7(10)6(3-5)8(11,12)13/h1-3H,4H2. The van der Waals surface area contributed by atoms with Crippen molar-refractivity contribution >= 4 is 23.2 Å². The van der Waals surface area contributed by atoms with Crippen molar-refractivity contribution in [1.82, 2.24) is 0 Å². The van der Waals surface area contributed by atoms with Crippen LogP contribution in [-0.2, 0) is 6.18 Å². The van der Waals surface area contributed by atoms with Crippen molar-refractivity contribution in [2.75, 3.05) is 6.07 Å². The van der Waals surface area contributed by atoms with Gasteiger partial charge in [0.2, 0.25) is 0 Å². The highest BCUT2D eigenvalue weighted by atomic mass is 35.5. The Morgan fingerprint density at radius 3 is 2.43 bits per heavy atom. The minimum atomic E-state index is -4.48. The van der Waals surface area contributed by atoms with Crippen molar-refractivity contribution in [2.45, 2.75) is 6.18 Å². The molecule has 0 aliphatic rings. The van der Waals surface area contributed by atoms with E-state index in [1.807, 2.05) is 0 Å². The molecule has 0 aromatic heterocycles. The highest BCUT2D eigenvalue weighted by Crippen LogP contribution is 2.36. The number of rotatable bonds is 2. The molecule has 0 amide bonds. The zero-order valence-corrected chi connectivity index (χ0v) is 8.25. The molecule has 0 saturated carbocycles. The van der Waals surface area contributed by atoms with Crippen molar-refractivity contribution in [2.24, 2.45) is 0 Å². The van der Waals surface area contributed by atoms with Gasteiger partial charge in [-0.25, -0.2) is 0 Å². The first-order chi connectivity index (χ1) is 6.45. The molecule has 0 unspecified atom stereocenters. The quantitative estimate of drug-likeness (QED) is 0.717. The Balaban J connectivity index is 3.09. The second-order valence-corrected chi connectivity index (χ2v) is 3.02. The van der Waals surface area contributed by atoms with Crippen LogP contribution in [0.15, 0.2) is 18.2 Å². The summed E-state index contributed by atoms with van der Waals surface area (Å²) >= 11 is 10.6. The van der Waals surface area contributed by atoms with Gasteiger partial charge >= 0.3 is 6.18 Å². The molecule has 0 aliphatic heterocycles. The Labute approximate surface area is 88.4 Å². The van der Waals surface area contributed by atoms with Gasteiger partial charge in [-0.1, -0.05) is 23.2 Å². The van der Waals surface area contributed by atoms with Crippen molar-refractivity contribution in [3.05, 3.63) is 28.8 Å². The first kappa shape index (κ1) is 11.5. The summed E-state index contributed by atoms with van der Waals surface area (Å²) in [5, 5.41) is -0.362. The van der Waals surface area contributed by atoms with Gasteiger partial charge in [0, 0.05) is 0 Å². The summed E-state index contributed by atoms with van der Waals surface area (Å²) in [5.41, 5.74) is -0.929. The predicted molar refractivity (Wildman–Crippen MR) is 47.8 cm³/mol. The number of ether oxygens (including phenoxy) is 1. The maximum absolute atomic E-state index is 12.3. The van der Waals surface area contributed by atoms with E-state index in [0.717, 1.165) is 12.1 Å². The van der Waals surface area contributed by atoms with Crippen LogP contribution in [0.3, 0.4) is 0 Å². The lowest BCUT2D eigenvalue weighted by Crippen LogP contribution is -2.06. The van der Waals surface area contributed by atoms with Gasteiger partial charge in [-0.2, -0.15) is 13.2 Å². The van der Waals surface area contributed by atoms with Crippen molar-refractivity contribution in [1.29, 1.82) is 0 Å². The summed E-state index contributed by atoms with van der Waals surface area (Å²) in [5.74, 6) is 0.0386. The molecule has 14 heavy (non-hydrogen) atoms. The van der Waals surface area contributed by atoms with Crippen LogP contribution in [0.1, 0.15) is 5.56 Å². The van der Waals surface area contributed by atoms with Gasteiger partial charge in [0.15, 0.2) is 6.07 Å². The predicted octanol–water partition coefficient (Wildman–Crippen LogP) is 3.93. The van der Waals surface area contributed by atoms with E-state index in [4.69, 9.17) is 27.9 Å². The van der Waals surface area contributed by atoms with Crippen LogP contribution in [0.4, 0.5) is 13.2 Å². The lowest BCUT2D eigenvalue weighted by atomic mass is 10.2. The van der Waals surface area contributed by atoms with Crippen LogP contribution < -0.4 is 4.74 Å². The molecule has 0 spiro atoms. The zero-order chi connectivity index (χ0) is 10.8. The SMILES string of the molecule is FC(F)(F)c1cc(OCCl)ccc1Cl. The first-order valence-electron chi connectivity index (χ1n) is 3.50. The topological polar surface area (TPSA) is 9.23 Å². The molecular formula is C8H5Cl2F3O. The summed E-state index contributed by atoms with van der Waals surface area (Å²) in [4.78, 5) is 0. The fourth-order valence-corrected chi connectivity index (χ4v) is 1.23. The summed E-state index contributed by atoms with van der Waals surface area (Å²) in [6.45, 7) is 0. The molecule has 78 valence electrons. The molecule has 0 N–H and O–H groups in total. The van der Waals surface area contributed by atoms with Crippen molar-refractivity contribution in [3.8, 4) is 5.75 Å². The van der Waals surface area contributed by atoms with E-state index in [1.54, 1.807) is 0 Å². The number of benzene rings is 1. The van der Waals surface area contributed by atoms with Gasteiger partial charge in [-0.05, 0) is 18.2 Å². The van der Waals surface area contributed by atoms with Crippen LogP contribution >= 0.6 is 23.2 Å². The Bertz CT molecular complexity index is 325. The molecule has 0 radical (unpaired) electrons. The maximum Gasteiger partial charge on any atom is 0.417 e. The normalized spacial score (nSPS) is 11.5. The molecule has 1 rings (SSSR count). The molecule has 0 aliphatic carbocycles. The minimum Gasteiger partial charge on any atom is -0.478 e. The molecule has 1 aromatic carbocycles. The molecule has 0 bridgehead atoms. The Kier molecular flexibility index (Phi) is 3.50. The summed E-state index contributed by atoms with van der Waals surface area (Å²) in [6.07, 6.45) is -4.48. The number of hydrogen-bond donors (Lipinski definition) is 0. The Morgan fingerprint density at radius 2 is 1.93 bits per heavy atom. The van der Waals surface area contributed by atoms with E-state index in [1.165, 1.54) is 6.07 Å². The molecular weight excluding hydrogens is 240 g/mol. The van der Waals surface area contributed by atoms with Crippen LogP contribution in [0.2, 0.25) is 5.02 Å². The molecule has 0 saturated heterocycles. The van der Waals surface area contributed by atoms with E-state index in [9.17, 15) is 13.2 Å². The second-order valence-electron chi connectivity index (χ2n) is 2.39. The third-order valence-electron chi connectivity index (χ3n) is 1.46. The largest absolute Gasteiger partial charge is 0.478 e. The fraction of sp³-hybridized carbons (Fsp3) is 0.250. The minimum absolute atomic E-state index is 0.0386. The Hall–Kier alpha value is -0.610. The average Bonchev–Trinajstić information content (AvgIpc) is 2.07. The zero-order valence-electron chi connectivity index (χ0n) is 6.74. The molecule has 1 aromatic rings. The van der Waals surface area contributed by atoms with Gasteiger partial charge in [0.25, 0.3) is 0 Å². The van der Waals surface area contributed by atoms with E-state index in [-0.39, 0.29) is 16.8 Å². The van der Waals surface area contributed by atoms with Crippen LogP contribution in [-0.4, -0.2) is 6.07 Å². The summed E-state index contributed by atoms with van der Waals surface area (Å²) < 4.78 is 41.6. The van der Waals surface area contributed by atoms with Gasteiger partial charge < -0.3 is 4.74 Å². The molecule has 0 fully saturated rings. The average molecular weight is 245 g/mol. The summed E-state index contributed by atoms with van der Waals surface area (Å²) in [6, 6.07) is 3.04. The molecule has 0 atom stereocenters. The number of alkyl halides is 4. The van der Waals surface area contributed by atoms with Crippen molar-refractivity contribution < 1.29 is 17.9 Å². The van der Waals surface area contributed by atoms with Crippen LogP contribution in [0.5, 0.6) is 5.75 Å². The van der Waals surface area contributed by atoms with Gasteiger partial charge in [0.1, 0.15) is 5.75 Å².